The quantitative estimate of drug-likeness (QED) is 0.458. The largest absolute Gasteiger partial charge is 0.408 e. The van der Waals surface area contributed by atoms with Gasteiger partial charge < -0.3 is 9.47 Å². The third kappa shape index (κ3) is 5.05. The lowest BCUT2D eigenvalue weighted by Gasteiger charge is -2.12. The van der Waals surface area contributed by atoms with E-state index in [0.717, 1.165) is 6.66 Å². The normalized spacial score (nSPS) is 12.6. The Morgan fingerprint density at radius 2 is 1.60 bits per heavy atom. The molecule has 0 aromatic carbocycles. The van der Waals surface area contributed by atoms with Crippen molar-refractivity contribution in [3.63, 3.8) is 0 Å². The van der Waals surface area contributed by atoms with Crippen LogP contribution in [-0.2, 0) is 14.0 Å². The topological polar surface area (TPSA) is 68.2 Å². The Hall–Kier alpha value is 0.230. The maximum atomic E-state index is 8.73. The molecule has 0 aliphatic rings. The van der Waals surface area contributed by atoms with Crippen LogP contribution in [0.4, 0.5) is 0 Å². The standard InChI is InChI=1S/C4H12O5P/c1-7-4(8-2)9-10(3,5)6/h4-6H,1-3H3/q+1. The molecule has 0 aromatic heterocycles. The third-order valence-electron chi connectivity index (χ3n) is 0.671. The van der Waals surface area contributed by atoms with Gasteiger partial charge in [0.05, 0.1) is 0 Å². The second kappa shape index (κ2) is 4.18. The molecule has 0 fully saturated rings. The molecule has 0 aromatic rings. The molecule has 0 spiro atoms. The molecule has 0 radical (unpaired) electrons. The van der Waals surface area contributed by atoms with Crippen LogP contribution in [0.5, 0.6) is 0 Å². The van der Waals surface area contributed by atoms with Gasteiger partial charge in [0.1, 0.15) is 6.66 Å². The van der Waals surface area contributed by atoms with Crippen LogP contribution >= 0.6 is 7.94 Å². The Labute approximate surface area is 60.1 Å². The zero-order chi connectivity index (χ0) is 8.20. The Morgan fingerprint density at radius 1 is 1.20 bits per heavy atom. The molecule has 0 heterocycles. The Kier molecular flexibility index (Phi) is 4.28. The summed E-state index contributed by atoms with van der Waals surface area (Å²) >= 11 is 0. The summed E-state index contributed by atoms with van der Waals surface area (Å²) in [6.45, 7) is 0.159. The van der Waals surface area contributed by atoms with Crippen molar-refractivity contribution in [2.24, 2.45) is 0 Å². The van der Waals surface area contributed by atoms with Gasteiger partial charge in [-0.25, -0.2) is 0 Å². The van der Waals surface area contributed by atoms with Gasteiger partial charge in [-0.3, -0.25) is 0 Å². The van der Waals surface area contributed by atoms with E-state index in [0.29, 0.717) is 0 Å². The molecule has 6 heteroatoms. The third-order valence-corrected chi connectivity index (χ3v) is 1.24. The fourth-order valence-corrected chi connectivity index (χ4v) is 0.844. The molecule has 0 saturated carbocycles. The molecule has 5 nitrogen and oxygen atoms in total. The zero-order valence-corrected chi connectivity index (χ0v) is 7.04. The highest BCUT2D eigenvalue weighted by Crippen LogP contribution is 2.47. The van der Waals surface area contributed by atoms with Crippen LogP contribution in [0.3, 0.4) is 0 Å². The van der Waals surface area contributed by atoms with Crippen LogP contribution in [0.15, 0.2) is 0 Å². The summed E-state index contributed by atoms with van der Waals surface area (Å²) in [7, 11) is -0.581. The van der Waals surface area contributed by atoms with E-state index in [2.05, 4.69) is 14.0 Å². The van der Waals surface area contributed by atoms with Crippen LogP contribution in [0.2, 0.25) is 0 Å². The minimum Gasteiger partial charge on any atom is -0.331 e. The van der Waals surface area contributed by atoms with E-state index < -0.39 is 14.4 Å². The van der Waals surface area contributed by atoms with Crippen LogP contribution < -0.4 is 0 Å². The Morgan fingerprint density at radius 3 is 1.70 bits per heavy atom. The van der Waals surface area contributed by atoms with Crippen molar-refractivity contribution in [3.8, 4) is 0 Å². The van der Waals surface area contributed by atoms with Gasteiger partial charge in [-0.15, -0.1) is 4.52 Å². The Bertz CT molecular complexity index is 86.1. The molecule has 10 heavy (non-hydrogen) atoms. The molecule has 0 aliphatic carbocycles. The van der Waals surface area contributed by atoms with Crippen LogP contribution in [0.1, 0.15) is 0 Å². The first kappa shape index (κ1) is 10.2. The molecule has 0 aliphatic heterocycles. The van der Waals surface area contributed by atoms with Crippen molar-refractivity contribution >= 4 is 7.94 Å². The van der Waals surface area contributed by atoms with E-state index in [1.165, 1.54) is 14.2 Å². The average Bonchev–Trinajstić information content (AvgIpc) is 1.81. The van der Waals surface area contributed by atoms with Gasteiger partial charge in [-0.05, 0) is 0 Å². The lowest BCUT2D eigenvalue weighted by Crippen LogP contribution is -2.17. The van der Waals surface area contributed by atoms with E-state index in [1.54, 1.807) is 0 Å². The second-order valence-corrected chi connectivity index (χ2v) is 3.58. The van der Waals surface area contributed by atoms with Crippen LogP contribution in [-0.4, -0.2) is 37.1 Å². The van der Waals surface area contributed by atoms with Crippen molar-refractivity contribution in [2.75, 3.05) is 20.9 Å². The maximum Gasteiger partial charge on any atom is 0.408 e. The van der Waals surface area contributed by atoms with Crippen LogP contribution in [0.25, 0.3) is 0 Å². The van der Waals surface area contributed by atoms with Gasteiger partial charge in [0.25, 0.3) is 0 Å². The number of ether oxygens (including phenoxy) is 2. The monoisotopic (exact) mass is 171 g/mol. The van der Waals surface area contributed by atoms with Crippen molar-refractivity contribution in [2.45, 2.75) is 6.48 Å². The first-order valence-electron chi connectivity index (χ1n) is 2.55. The van der Waals surface area contributed by atoms with E-state index in [4.69, 9.17) is 9.79 Å². The SMILES string of the molecule is COC(OC)O[P+](C)(O)O. The molecule has 0 atom stereocenters. The highest BCUT2D eigenvalue weighted by Gasteiger charge is 2.32. The molecule has 2 N–H and O–H groups in total. The van der Waals surface area contributed by atoms with Crippen molar-refractivity contribution in [3.05, 3.63) is 0 Å². The first-order valence-corrected chi connectivity index (χ1v) is 4.61. The van der Waals surface area contributed by atoms with E-state index in [9.17, 15) is 0 Å². The number of methoxy groups -OCH3 is 2. The number of hydrogen-bond acceptors (Lipinski definition) is 5. The molecule has 0 rings (SSSR count). The predicted octanol–water partition coefficient (Wildman–Crippen LogP) is -0.0436. The lowest BCUT2D eigenvalue weighted by molar-refractivity contribution is -0.224. The second-order valence-electron chi connectivity index (χ2n) is 1.70. The maximum absolute atomic E-state index is 8.73. The Balaban J connectivity index is 3.63. The predicted molar refractivity (Wildman–Crippen MR) is 36.2 cm³/mol. The van der Waals surface area contributed by atoms with E-state index in [-0.39, 0.29) is 0 Å². The minimum absolute atomic E-state index is 1.01. The lowest BCUT2D eigenvalue weighted by atomic mass is 11.2. The molecule has 0 saturated heterocycles. The van der Waals surface area contributed by atoms with Gasteiger partial charge in [-0.1, -0.05) is 0 Å². The molecule has 0 amide bonds. The summed E-state index contributed by atoms with van der Waals surface area (Å²) in [6.07, 6.45) is 0. The highest BCUT2D eigenvalue weighted by molar-refractivity contribution is 7.58. The van der Waals surface area contributed by atoms with Gasteiger partial charge >= 0.3 is 14.4 Å². The highest BCUT2D eigenvalue weighted by atomic mass is 31.2. The van der Waals surface area contributed by atoms with Crippen molar-refractivity contribution < 1.29 is 23.8 Å². The van der Waals surface area contributed by atoms with Gasteiger partial charge in [-0.2, -0.15) is 9.79 Å². The smallest absolute Gasteiger partial charge is 0.331 e. The zero-order valence-electron chi connectivity index (χ0n) is 6.14. The summed E-state index contributed by atoms with van der Waals surface area (Å²) in [6, 6.07) is 0. The molecule has 0 bridgehead atoms. The first-order chi connectivity index (χ1) is 4.49. The molecular formula is C4H12O5P+. The summed E-state index contributed by atoms with van der Waals surface area (Å²) in [4.78, 5) is 17.5. The van der Waals surface area contributed by atoms with Crippen molar-refractivity contribution in [1.29, 1.82) is 0 Å². The fourth-order valence-electron chi connectivity index (χ4n) is 0.345. The summed E-state index contributed by atoms with van der Waals surface area (Å²) in [5.74, 6) is 0. The van der Waals surface area contributed by atoms with Gasteiger partial charge in [0.2, 0.25) is 0 Å². The van der Waals surface area contributed by atoms with Gasteiger partial charge in [0, 0.05) is 14.2 Å². The molecule has 0 unspecified atom stereocenters. The fraction of sp³-hybridized carbons (Fsp3) is 1.00. The number of hydrogen-bond donors (Lipinski definition) is 2. The minimum atomic E-state index is -3.25. The number of rotatable bonds is 4. The summed E-state index contributed by atoms with van der Waals surface area (Å²) in [5.41, 5.74) is 0. The van der Waals surface area contributed by atoms with Crippen LogP contribution in [0, 0.1) is 0 Å². The summed E-state index contributed by atoms with van der Waals surface area (Å²) < 4.78 is 13.6. The van der Waals surface area contributed by atoms with E-state index in [1.807, 2.05) is 0 Å². The molecular weight excluding hydrogens is 159 g/mol. The average molecular weight is 171 g/mol. The summed E-state index contributed by atoms with van der Waals surface area (Å²) in [5, 5.41) is 0. The molecule has 62 valence electrons. The van der Waals surface area contributed by atoms with Gasteiger partial charge in [0.15, 0.2) is 0 Å². The van der Waals surface area contributed by atoms with E-state index >= 15 is 0 Å². The van der Waals surface area contributed by atoms with Crippen molar-refractivity contribution in [1.82, 2.24) is 0 Å².